The van der Waals surface area contributed by atoms with Crippen LogP contribution in [0.25, 0.3) is 0 Å². The molecule has 0 aliphatic carbocycles. The zero-order valence-electron chi connectivity index (χ0n) is 16.3. The Morgan fingerprint density at radius 1 is 1.11 bits per heavy atom. The third-order valence-electron chi connectivity index (χ3n) is 4.84. The van der Waals surface area contributed by atoms with E-state index >= 15 is 0 Å². The van der Waals surface area contributed by atoms with E-state index in [2.05, 4.69) is 55.7 Å². The normalized spacial score (nSPS) is 13.6. The molecule has 0 radical (unpaired) electrons. The Balaban J connectivity index is 1.57. The summed E-state index contributed by atoms with van der Waals surface area (Å²) in [6.07, 6.45) is 2.26. The van der Waals surface area contributed by atoms with Gasteiger partial charge in [-0.15, -0.1) is 0 Å². The van der Waals surface area contributed by atoms with Gasteiger partial charge in [0.2, 0.25) is 6.79 Å². The number of hydrogen-bond donors (Lipinski definition) is 2. The SMILES string of the molecule is CCCc1ccc([C@H]([NH2+]CC(=O)Nc2ccc3c(c2)OCO3)C(C)C)cc1. The van der Waals surface area contributed by atoms with E-state index in [0.29, 0.717) is 24.0 Å². The second kappa shape index (κ2) is 8.91. The van der Waals surface area contributed by atoms with E-state index in [1.54, 1.807) is 6.07 Å². The molecule has 0 unspecified atom stereocenters. The second-order valence-corrected chi connectivity index (χ2v) is 7.32. The summed E-state index contributed by atoms with van der Waals surface area (Å²) in [6.45, 7) is 7.17. The molecule has 1 amide bonds. The summed E-state index contributed by atoms with van der Waals surface area (Å²) in [5, 5.41) is 5.05. The van der Waals surface area contributed by atoms with E-state index in [0.717, 1.165) is 18.5 Å². The predicted octanol–water partition coefficient (Wildman–Crippen LogP) is 3.27. The summed E-state index contributed by atoms with van der Waals surface area (Å²) in [5.74, 6) is 1.79. The molecule has 1 aliphatic heterocycles. The Hall–Kier alpha value is -2.53. The molecule has 0 aromatic heterocycles. The predicted molar refractivity (Wildman–Crippen MR) is 106 cm³/mol. The molecule has 2 aromatic rings. The molecule has 1 atom stereocenters. The van der Waals surface area contributed by atoms with Crippen LogP contribution >= 0.6 is 0 Å². The van der Waals surface area contributed by atoms with Crippen molar-refractivity contribution >= 4 is 11.6 Å². The van der Waals surface area contributed by atoms with E-state index < -0.39 is 0 Å². The summed E-state index contributed by atoms with van der Waals surface area (Å²) in [6, 6.07) is 14.5. The number of amides is 1. The van der Waals surface area contributed by atoms with Gasteiger partial charge in [-0.05, 0) is 24.1 Å². The van der Waals surface area contributed by atoms with E-state index in [4.69, 9.17) is 9.47 Å². The highest BCUT2D eigenvalue weighted by Gasteiger charge is 2.21. The van der Waals surface area contributed by atoms with Crippen LogP contribution in [0.15, 0.2) is 42.5 Å². The lowest BCUT2D eigenvalue weighted by molar-refractivity contribution is -0.692. The first-order valence-electron chi connectivity index (χ1n) is 9.68. The molecule has 2 aromatic carbocycles. The molecule has 0 spiro atoms. The van der Waals surface area contributed by atoms with Gasteiger partial charge in [0.15, 0.2) is 18.0 Å². The van der Waals surface area contributed by atoms with Crippen LogP contribution in [0.4, 0.5) is 5.69 Å². The van der Waals surface area contributed by atoms with Crippen LogP contribution in [0, 0.1) is 5.92 Å². The summed E-state index contributed by atoms with van der Waals surface area (Å²) >= 11 is 0. The van der Waals surface area contributed by atoms with Crippen molar-refractivity contribution in [3.63, 3.8) is 0 Å². The highest BCUT2D eigenvalue weighted by molar-refractivity contribution is 5.91. The summed E-state index contributed by atoms with van der Waals surface area (Å²) < 4.78 is 10.6. The molecule has 0 fully saturated rings. The fourth-order valence-electron chi connectivity index (χ4n) is 3.41. The molecule has 27 heavy (non-hydrogen) atoms. The van der Waals surface area contributed by atoms with Crippen LogP contribution in [0.5, 0.6) is 11.5 Å². The molecule has 0 saturated heterocycles. The van der Waals surface area contributed by atoms with Crippen molar-refractivity contribution in [3.05, 3.63) is 53.6 Å². The minimum Gasteiger partial charge on any atom is -0.454 e. The van der Waals surface area contributed by atoms with Gasteiger partial charge in [-0.2, -0.15) is 0 Å². The van der Waals surface area contributed by atoms with Gasteiger partial charge in [-0.25, -0.2) is 0 Å². The van der Waals surface area contributed by atoms with Crippen LogP contribution < -0.4 is 20.1 Å². The lowest BCUT2D eigenvalue weighted by Gasteiger charge is -2.20. The molecular formula is C22H29N2O3+. The molecule has 144 valence electrons. The first-order valence-corrected chi connectivity index (χ1v) is 9.68. The smallest absolute Gasteiger partial charge is 0.279 e. The van der Waals surface area contributed by atoms with Crippen molar-refractivity contribution in [2.75, 3.05) is 18.7 Å². The number of rotatable bonds is 8. The maximum absolute atomic E-state index is 12.4. The lowest BCUT2D eigenvalue weighted by Crippen LogP contribution is -2.88. The molecule has 0 bridgehead atoms. The van der Waals surface area contributed by atoms with Gasteiger partial charge in [0.1, 0.15) is 6.04 Å². The van der Waals surface area contributed by atoms with Crippen molar-refractivity contribution in [2.45, 2.75) is 39.7 Å². The van der Waals surface area contributed by atoms with E-state index in [9.17, 15) is 4.79 Å². The number of benzene rings is 2. The summed E-state index contributed by atoms with van der Waals surface area (Å²) in [7, 11) is 0. The van der Waals surface area contributed by atoms with Gasteiger partial charge in [0, 0.05) is 23.2 Å². The Bertz CT molecular complexity index is 772. The minimum absolute atomic E-state index is 0.0258. The van der Waals surface area contributed by atoms with Crippen LogP contribution in [-0.2, 0) is 11.2 Å². The van der Waals surface area contributed by atoms with E-state index in [1.165, 1.54) is 11.1 Å². The van der Waals surface area contributed by atoms with Crippen LogP contribution in [0.3, 0.4) is 0 Å². The lowest BCUT2D eigenvalue weighted by atomic mass is 9.94. The Morgan fingerprint density at radius 2 is 1.85 bits per heavy atom. The highest BCUT2D eigenvalue weighted by Crippen LogP contribution is 2.34. The topological polar surface area (TPSA) is 64.2 Å². The largest absolute Gasteiger partial charge is 0.454 e. The van der Waals surface area contributed by atoms with Gasteiger partial charge < -0.3 is 20.1 Å². The van der Waals surface area contributed by atoms with Crippen molar-refractivity contribution in [1.29, 1.82) is 0 Å². The Labute approximate surface area is 161 Å². The minimum atomic E-state index is -0.0258. The average Bonchev–Trinajstić information content (AvgIpc) is 3.11. The number of nitrogens with one attached hydrogen (secondary N) is 1. The summed E-state index contributed by atoms with van der Waals surface area (Å²) in [4.78, 5) is 12.4. The van der Waals surface area contributed by atoms with E-state index in [-0.39, 0.29) is 18.7 Å². The third-order valence-corrected chi connectivity index (χ3v) is 4.84. The molecule has 5 heteroatoms. The van der Waals surface area contributed by atoms with E-state index in [1.807, 2.05) is 12.1 Å². The van der Waals surface area contributed by atoms with Gasteiger partial charge in [-0.1, -0.05) is 51.5 Å². The van der Waals surface area contributed by atoms with Gasteiger partial charge in [0.25, 0.3) is 5.91 Å². The number of carbonyl (C=O) groups is 1. The second-order valence-electron chi connectivity index (χ2n) is 7.32. The third kappa shape index (κ3) is 5.01. The van der Waals surface area contributed by atoms with Crippen molar-refractivity contribution in [3.8, 4) is 11.5 Å². The average molecular weight is 369 g/mol. The molecule has 5 nitrogen and oxygen atoms in total. The standard InChI is InChI=1S/C22H28N2O3/c1-4-5-16-6-8-17(9-7-16)22(15(2)3)23-13-21(25)24-18-10-11-19-20(12-18)27-14-26-19/h6-12,15,22-23H,4-5,13-14H2,1-3H3,(H,24,25)/p+1/t22-/m1/s1. The number of quaternary nitrogens is 1. The molecule has 0 saturated carbocycles. The maximum Gasteiger partial charge on any atom is 0.279 e. The van der Waals surface area contributed by atoms with Crippen LogP contribution in [-0.4, -0.2) is 19.2 Å². The first kappa shape index (κ1) is 19.2. The molecule has 3 rings (SSSR count). The number of aryl methyl sites for hydroxylation is 1. The van der Waals surface area contributed by atoms with Crippen LogP contribution in [0.2, 0.25) is 0 Å². The quantitative estimate of drug-likeness (QED) is 0.751. The zero-order chi connectivity index (χ0) is 19.2. The molecule has 1 aliphatic rings. The Kier molecular flexibility index (Phi) is 6.35. The molecule has 3 N–H and O–H groups in total. The number of ether oxygens (including phenoxy) is 2. The first-order chi connectivity index (χ1) is 13.1. The molecule has 1 heterocycles. The van der Waals surface area contributed by atoms with Gasteiger partial charge in [-0.3, -0.25) is 4.79 Å². The zero-order valence-corrected chi connectivity index (χ0v) is 16.3. The number of carbonyl (C=O) groups excluding carboxylic acids is 1. The fraction of sp³-hybridized carbons (Fsp3) is 0.409. The number of anilines is 1. The number of hydrogen-bond acceptors (Lipinski definition) is 3. The monoisotopic (exact) mass is 369 g/mol. The van der Waals surface area contributed by atoms with Crippen LogP contribution in [0.1, 0.15) is 44.4 Å². The Morgan fingerprint density at radius 3 is 2.56 bits per heavy atom. The number of fused-ring (bicyclic) bond motifs is 1. The van der Waals surface area contributed by atoms with Crippen molar-refractivity contribution < 1.29 is 19.6 Å². The van der Waals surface area contributed by atoms with Gasteiger partial charge >= 0.3 is 0 Å². The summed E-state index contributed by atoms with van der Waals surface area (Å²) in [5.41, 5.74) is 3.35. The highest BCUT2D eigenvalue weighted by atomic mass is 16.7. The molecular weight excluding hydrogens is 340 g/mol. The van der Waals surface area contributed by atoms with Crippen molar-refractivity contribution in [1.82, 2.24) is 0 Å². The van der Waals surface area contributed by atoms with Gasteiger partial charge in [0.05, 0.1) is 0 Å². The number of nitrogens with two attached hydrogens (primary N) is 1. The maximum atomic E-state index is 12.4. The fourth-order valence-corrected chi connectivity index (χ4v) is 3.41. The van der Waals surface area contributed by atoms with Crippen molar-refractivity contribution in [2.24, 2.45) is 5.92 Å².